The van der Waals surface area contributed by atoms with Gasteiger partial charge in [0.15, 0.2) is 15.8 Å². The number of carbonyl (C=O) groups excluding carboxylic acids is 1. The molecule has 1 amide bonds. The Morgan fingerprint density at radius 3 is 2.57 bits per heavy atom. The minimum Gasteiger partial charge on any atom is -0.490 e. The second-order valence-corrected chi connectivity index (χ2v) is 10.9. The van der Waals surface area contributed by atoms with Crippen LogP contribution in [0.3, 0.4) is 0 Å². The van der Waals surface area contributed by atoms with E-state index >= 15 is 0 Å². The van der Waals surface area contributed by atoms with Crippen molar-refractivity contribution in [1.82, 2.24) is 0 Å². The van der Waals surface area contributed by atoms with E-state index in [0.29, 0.717) is 43.4 Å². The Morgan fingerprint density at radius 2 is 1.86 bits per heavy atom. The first-order valence-electron chi connectivity index (χ1n) is 11.0. The summed E-state index contributed by atoms with van der Waals surface area (Å²) >= 11 is 16.7. The number of thiocarbonyl (C=S) groups is 1. The molecule has 8 heteroatoms. The number of anilines is 1. The fraction of sp³-hybridized carbons (Fsp3) is 0.185. The molecule has 180 valence electrons. The number of ether oxygens (including phenoxy) is 2. The summed E-state index contributed by atoms with van der Waals surface area (Å²) in [6, 6.07) is 17.2. The molecule has 1 fully saturated rings. The molecular weight excluding hydrogens is 566 g/mol. The van der Waals surface area contributed by atoms with Gasteiger partial charge in [-0.2, -0.15) is 0 Å². The van der Waals surface area contributed by atoms with E-state index in [9.17, 15) is 4.79 Å². The molecule has 0 spiro atoms. The van der Waals surface area contributed by atoms with Crippen LogP contribution < -0.4 is 14.4 Å². The number of nitrogens with zero attached hydrogens (tertiary/aromatic N) is 1. The highest BCUT2D eigenvalue weighted by atomic mass is 79.9. The van der Waals surface area contributed by atoms with Crippen LogP contribution in [0.1, 0.15) is 29.2 Å². The van der Waals surface area contributed by atoms with Gasteiger partial charge in [-0.05, 0) is 89.8 Å². The number of carbonyl (C=O) groups is 1. The van der Waals surface area contributed by atoms with Crippen LogP contribution in [-0.2, 0) is 11.4 Å². The molecule has 0 radical (unpaired) electrons. The van der Waals surface area contributed by atoms with Gasteiger partial charge in [0.1, 0.15) is 6.61 Å². The van der Waals surface area contributed by atoms with Gasteiger partial charge >= 0.3 is 0 Å². The first-order chi connectivity index (χ1) is 16.8. The van der Waals surface area contributed by atoms with E-state index in [0.717, 1.165) is 22.4 Å². The summed E-state index contributed by atoms with van der Waals surface area (Å²) < 4.78 is 13.1. The summed E-state index contributed by atoms with van der Waals surface area (Å²) in [5.41, 5.74) is 4.73. The number of amides is 1. The molecular formula is C27H23BrClNO3S2. The van der Waals surface area contributed by atoms with Crippen molar-refractivity contribution in [3.63, 3.8) is 0 Å². The maximum atomic E-state index is 13.2. The zero-order valence-corrected chi connectivity index (χ0v) is 23.4. The number of hydrogen-bond donors (Lipinski definition) is 0. The van der Waals surface area contributed by atoms with E-state index < -0.39 is 0 Å². The molecule has 4 rings (SSSR count). The van der Waals surface area contributed by atoms with E-state index in [1.165, 1.54) is 17.3 Å². The summed E-state index contributed by atoms with van der Waals surface area (Å²) in [4.78, 5) is 15.4. The molecule has 0 unspecified atom stereocenters. The molecule has 1 aliphatic rings. The molecule has 0 bridgehead atoms. The van der Waals surface area contributed by atoms with Crippen LogP contribution in [0.2, 0.25) is 5.02 Å². The fourth-order valence-corrected chi connectivity index (χ4v) is 5.61. The van der Waals surface area contributed by atoms with Gasteiger partial charge < -0.3 is 9.47 Å². The minimum absolute atomic E-state index is 0.142. The van der Waals surface area contributed by atoms with E-state index in [2.05, 4.69) is 15.9 Å². The summed E-state index contributed by atoms with van der Waals surface area (Å²) in [7, 11) is 0. The lowest BCUT2D eigenvalue weighted by Crippen LogP contribution is -2.27. The zero-order valence-electron chi connectivity index (χ0n) is 19.4. The Bertz CT molecular complexity index is 1340. The van der Waals surface area contributed by atoms with Crippen LogP contribution in [-0.4, -0.2) is 16.8 Å². The second-order valence-electron chi connectivity index (χ2n) is 7.93. The Balaban J connectivity index is 1.61. The highest BCUT2D eigenvalue weighted by Crippen LogP contribution is 2.41. The summed E-state index contributed by atoms with van der Waals surface area (Å²) in [6.45, 7) is 6.74. The fourth-order valence-electron chi connectivity index (χ4n) is 3.55. The molecule has 0 aliphatic carbocycles. The molecule has 0 atom stereocenters. The number of halogens is 2. The monoisotopic (exact) mass is 587 g/mol. The third kappa shape index (κ3) is 5.75. The van der Waals surface area contributed by atoms with Crippen molar-refractivity contribution in [2.75, 3.05) is 11.5 Å². The van der Waals surface area contributed by atoms with Crippen molar-refractivity contribution >= 4 is 73.5 Å². The lowest BCUT2D eigenvalue weighted by atomic mass is 10.1. The molecule has 3 aromatic carbocycles. The maximum Gasteiger partial charge on any atom is 0.270 e. The van der Waals surface area contributed by atoms with E-state index in [4.69, 9.17) is 33.3 Å². The summed E-state index contributed by atoms with van der Waals surface area (Å²) in [5, 5.41) is 0.643. The van der Waals surface area contributed by atoms with Gasteiger partial charge in [-0.1, -0.05) is 59.8 Å². The van der Waals surface area contributed by atoms with Crippen molar-refractivity contribution in [1.29, 1.82) is 0 Å². The predicted molar refractivity (Wildman–Crippen MR) is 153 cm³/mol. The van der Waals surface area contributed by atoms with Crippen LogP contribution in [0, 0.1) is 13.8 Å². The molecule has 1 saturated heterocycles. The van der Waals surface area contributed by atoms with Crippen LogP contribution in [0.25, 0.3) is 6.08 Å². The predicted octanol–water partition coefficient (Wildman–Crippen LogP) is 8.10. The van der Waals surface area contributed by atoms with Gasteiger partial charge in [-0.3, -0.25) is 9.69 Å². The van der Waals surface area contributed by atoms with E-state index in [1.807, 2.05) is 81.4 Å². The van der Waals surface area contributed by atoms with Crippen molar-refractivity contribution in [2.45, 2.75) is 27.4 Å². The number of hydrogen-bond acceptors (Lipinski definition) is 5. The first kappa shape index (κ1) is 25.8. The van der Waals surface area contributed by atoms with Crippen LogP contribution in [0.4, 0.5) is 5.69 Å². The second kappa shape index (κ2) is 11.2. The quantitative estimate of drug-likeness (QED) is 0.206. The Labute approximate surface area is 228 Å². The largest absolute Gasteiger partial charge is 0.490 e. The normalized spacial score (nSPS) is 14.7. The van der Waals surface area contributed by atoms with E-state index in [-0.39, 0.29) is 5.91 Å². The lowest BCUT2D eigenvalue weighted by molar-refractivity contribution is -0.113. The third-order valence-electron chi connectivity index (χ3n) is 5.50. The zero-order chi connectivity index (χ0) is 25.1. The van der Waals surface area contributed by atoms with Crippen molar-refractivity contribution in [3.05, 3.63) is 91.3 Å². The van der Waals surface area contributed by atoms with Crippen molar-refractivity contribution < 1.29 is 14.3 Å². The van der Waals surface area contributed by atoms with E-state index in [1.54, 1.807) is 4.90 Å². The van der Waals surface area contributed by atoms with Crippen LogP contribution >= 0.6 is 51.5 Å². The topological polar surface area (TPSA) is 38.8 Å². The van der Waals surface area contributed by atoms with Gasteiger partial charge in [-0.15, -0.1) is 0 Å². The third-order valence-corrected chi connectivity index (χ3v) is 7.76. The van der Waals surface area contributed by atoms with Gasteiger partial charge in [0.2, 0.25) is 0 Å². The molecule has 0 N–H and O–H groups in total. The van der Waals surface area contributed by atoms with Crippen LogP contribution in [0.15, 0.2) is 64.0 Å². The summed E-state index contributed by atoms with van der Waals surface area (Å²) in [5.74, 6) is 1.01. The van der Waals surface area contributed by atoms with Crippen molar-refractivity contribution in [2.24, 2.45) is 0 Å². The minimum atomic E-state index is -0.142. The number of aryl methyl sites for hydroxylation is 2. The van der Waals surface area contributed by atoms with Gasteiger partial charge in [0.25, 0.3) is 5.91 Å². The molecule has 0 saturated carbocycles. The Kier molecular flexibility index (Phi) is 8.22. The molecule has 4 nitrogen and oxygen atoms in total. The SMILES string of the molecule is CCOc1cc(/C=C2/SC(=S)N(c3ccc(C)c(C)c3)C2=O)cc(Br)c1OCc1ccccc1Cl. The highest BCUT2D eigenvalue weighted by Gasteiger charge is 2.33. The van der Waals surface area contributed by atoms with Gasteiger partial charge in [0.05, 0.1) is 21.7 Å². The average molecular weight is 589 g/mol. The van der Waals surface area contributed by atoms with Crippen LogP contribution in [0.5, 0.6) is 11.5 Å². The lowest BCUT2D eigenvalue weighted by Gasteiger charge is -2.16. The van der Waals surface area contributed by atoms with Gasteiger partial charge in [0, 0.05) is 10.6 Å². The standard InChI is InChI=1S/C27H23BrClNO3S2/c1-4-32-23-13-18(12-21(28)25(23)33-15-19-7-5-6-8-22(19)29)14-24-26(31)30(27(34)35-24)20-10-9-16(2)17(3)11-20/h5-14H,4,15H2,1-3H3/b24-14+. The van der Waals surface area contributed by atoms with Gasteiger partial charge in [-0.25, -0.2) is 0 Å². The molecule has 0 aromatic heterocycles. The molecule has 1 heterocycles. The smallest absolute Gasteiger partial charge is 0.270 e. The average Bonchev–Trinajstić information content (AvgIpc) is 3.09. The molecule has 35 heavy (non-hydrogen) atoms. The summed E-state index contributed by atoms with van der Waals surface area (Å²) in [6.07, 6.45) is 1.82. The Hall–Kier alpha value is -2.32. The number of rotatable bonds is 7. The molecule has 1 aliphatic heterocycles. The first-order valence-corrected chi connectivity index (χ1v) is 13.4. The number of benzene rings is 3. The van der Waals surface area contributed by atoms with Crippen molar-refractivity contribution in [3.8, 4) is 11.5 Å². The Morgan fingerprint density at radius 1 is 1.09 bits per heavy atom. The highest BCUT2D eigenvalue weighted by molar-refractivity contribution is 9.10. The number of thioether (sulfide) groups is 1. The molecule has 3 aromatic rings. The maximum absolute atomic E-state index is 13.2.